The van der Waals surface area contributed by atoms with Crippen molar-refractivity contribution in [2.45, 2.75) is 26.2 Å². The van der Waals surface area contributed by atoms with Gasteiger partial charge in [0, 0.05) is 5.88 Å². The van der Waals surface area contributed by atoms with Crippen LogP contribution in [-0.4, -0.2) is 5.88 Å². The number of hydrogen-bond acceptors (Lipinski definition) is 0. The summed E-state index contributed by atoms with van der Waals surface area (Å²) in [7, 11) is 0. The molecule has 1 rings (SSSR count). The molecule has 1 aromatic rings. The first-order valence-electron chi connectivity index (χ1n) is 4.45. The second-order valence-corrected chi connectivity index (χ2v) is 3.45. The zero-order valence-corrected chi connectivity index (χ0v) is 8.27. The largest absolute Gasteiger partial charge is 0.127 e. The van der Waals surface area contributed by atoms with Crippen LogP contribution in [0.2, 0.25) is 0 Å². The summed E-state index contributed by atoms with van der Waals surface area (Å²) in [5.74, 6) is 0.784. The van der Waals surface area contributed by atoms with Crippen molar-refractivity contribution in [3.8, 4) is 0 Å². The molecule has 0 atom stereocenters. The van der Waals surface area contributed by atoms with Crippen LogP contribution >= 0.6 is 11.6 Å². The van der Waals surface area contributed by atoms with Gasteiger partial charge in [0.25, 0.3) is 0 Å². The number of rotatable bonds is 4. The molecule has 0 saturated heterocycles. The van der Waals surface area contributed by atoms with E-state index in [2.05, 4.69) is 31.2 Å². The lowest BCUT2D eigenvalue weighted by molar-refractivity contribution is 0.796. The summed E-state index contributed by atoms with van der Waals surface area (Å²) in [6.45, 7) is 2.16. The van der Waals surface area contributed by atoms with Crippen molar-refractivity contribution in [1.29, 1.82) is 0 Å². The minimum atomic E-state index is 0.784. The quantitative estimate of drug-likeness (QED) is 0.494. The van der Waals surface area contributed by atoms with E-state index in [0.29, 0.717) is 0 Å². The van der Waals surface area contributed by atoms with Gasteiger partial charge in [-0.3, -0.25) is 0 Å². The van der Waals surface area contributed by atoms with Crippen molar-refractivity contribution >= 4 is 11.6 Å². The fourth-order valence-electron chi connectivity index (χ4n) is 1.30. The highest BCUT2D eigenvalue weighted by Crippen LogP contribution is 2.10. The summed E-state index contributed by atoms with van der Waals surface area (Å²) >= 11 is 5.61. The van der Waals surface area contributed by atoms with Crippen LogP contribution in [0.1, 0.15) is 24.0 Å². The van der Waals surface area contributed by atoms with Gasteiger partial charge in [-0.1, -0.05) is 24.3 Å². The minimum absolute atomic E-state index is 0.784. The summed E-state index contributed by atoms with van der Waals surface area (Å²) in [4.78, 5) is 0. The summed E-state index contributed by atoms with van der Waals surface area (Å²) in [6, 6.07) is 8.54. The number of unbranched alkanes of at least 4 members (excludes halogenated alkanes) is 1. The van der Waals surface area contributed by atoms with E-state index in [4.69, 9.17) is 11.6 Å². The smallest absolute Gasteiger partial charge is 0.0223 e. The summed E-state index contributed by atoms with van der Waals surface area (Å²) in [6.07, 6.45) is 3.49. The average Bonchev–Trinajstić information content (AvgIpc) is 2.09. The van der Waals surface area contributed by atoms with Gasteiger partial charge in [0.2, 0.25) is 0 Å². The van der Waals surface area contributed by atoms with E-state index in [9.17, 15) is 0 Å². The molecule has 0 saturated carbocycles. The molecule has 0 bridgehead atoms. The zero-order valence-electron chi connectivity index (χ0n) is 7.52. The number of halogens is 1. The van der Waals surface area contributed by atoms with Gasteiger partial charge in [-0.2, -0.15) is 0 Å². The SMILES string of the molecule is Cc1ccccc1CCCCCl. The van der Waals surface area contributed by atoms with Crippen LogP contribution in [0.25, 0.3) is 0 Å². The maximum absolute atomic E-state index is 5.61. The Hall–Kier alpha value is -0.490. The van der Waals surface area contributed by atoms with Crippen LogP contribution in [0, 0.1) is 6.92 Å². The Bertz CT molecular complexity index is 230. The van der Waals surface area contributed by atoms with Crippen molar-refractivity contribution in [1.82, 2.24) is 0 Å². The van der Waals surface area contributed by atoms with Crippen molar-refractivity contribution in [2.75, 3.05) is 5.88 Å². The molecule has 0 N–H and O–H groups in total. The first-order valence-corrected chi connectivity index (χ1v) is 4.98. The number of hydrogen-bond donors (Lipinski definition) is 0. The van der Waals surface area contributed by atoms with Gasteiger partial charge in [-0.25, -0.2) is 0 Å². The van der Waals surface area contributed by atoms with Crippen molar-refractivity contribution in [2.24, 2.45) is 0 Å². The Morgan fingerprint density at radius 3 is 2.58 bits per heavy atom. The fourth-order valence-corrected chi connectivity index (χ4v) is 1.49. The molecule has 12 heavy (non-hydrogen) atoms. The van der Waals surface area contributed by atoms with Crippen LogP contribution in [0.5, 0.6) is 0 Å². The van der Waals surface area contributed by atoms with Crippen molar-refractivity contribution < 1.29 is 0 Å². The Morgan fingerprint density at radius 2 is 1.92 bits per heavy atom. The lowest BCUT2D eigenvalue weighted by Gasteiger charge is -2.03. The highest BCUT2D eigenvalue weighted by molar-refractivity contribution is 6.17. The monoisotopic (exact) mass is 182 g/mol. The van der Waals surface area contributed by atoms with E-state index in [0.717, 1.165) is 12.3 Å². The Labute approximate surface area is 79.6 Å². The number of alkyl halides is 1. The van der Waals surface area contributed by atoms with Gasteiger partial charge in [-0.05, 0) is 37.3 Å². The molecule has 0 fully saturated rings. The molecule has 0 aliphatic carbocycles. The molecule has 0 radical (unpaired) electrons. The lowest BCUT2D eigenvalue weighted by atomic mass is 10.0. The third kappa shape index (κ3) is 2.86. The zero-order chi connectivity index (χ0) is 8.81. The van der Waals surface area contributed by atoms with Crippen LogP contribution in [0.4, 0.5) is 0 Å². The van der Waals surface area contributed by atoms with Gasteiger partial charge in [-0.15, -0.1) is 11.6 Å². The molecule has 0 heterocycles. The normalized spacial score (nSPS) is 10.2. The molecular weight excluding hydrogens is 168 g/mol. The first-order chi connectivity index (χ1) is 5.84. The highest BCUT2D eigenvalue weighted by atomic mass is 35.5. The molecule has 0 amide bonds. The molecule has 0 nitrogen and oxygen atoms in total. The average molecular weight is 183 g/mol. The minimum Gasteiger partial charge on any atom is -0.127 e. The topological polar surface area (TPSA) is 0 Å². The standard InChI is InChI=1S/C11H15Cl/c1-10-6-2-3-7-11(10)8-4-5-9-12/h2-3,6-7H,4-5,8-9H2,1H3. The predicted octanol–water partition coefficient (Wildman–Crippen LogP) is 3.56. The fraction of sp³-hybridized carbons (Fsp3) is 0.455. The second-order valence-electron chi connectivity index (χ2n) is 3.07. The molecule has 0 aliphatic heterocycles. The lowest BCUT2D eigenvalue weighted by Crippen LogP contribution is -1.89. The summed E-state index contributed by atoms with van der Waals surface area (Å²) in [5.41, 5.74) is 2.86. The summed E-state index contributed by atoms with van der Waals surface area (Å²) < 4.78 is 0. The Morgan fingerprint density at radius 1 is 1.17 bits per heavy atom. The van der Waals surface area contributed by atoms with E-state index in [1.807, 2.05) is 0 Å². The van der Waals surface area contributed by atoms with Gasteiger partial charge in [0.05, 0.1) is 0 Å². The Balaban J connectivity index is 2.46. The van der Waals surface area contributed by atoms with Crippen LogP contribution in [-0.2, 0) is 6.42 Å². The molecular formula is C11H15Cl. The van der Waals surface area contributed by atoms with Crippen molar-refractivity contribution in [3.63, 3.8) is 0 Å². The van der Waals surface area contributed by atoms with E-state index >= 15 is 0 Å². The molecule has 1 aromatic carbocycles. The van der Waals surface area contributed by atoms with Crippen LogP contribution in [0.3, 0.4) is 0 Å². The maximum Gasteiger partial charge on any atom is 0.0223 e. The number of aryl methyl sites for hydroxylation is 2. The third-order valence-corrected chi connectivity index (χ3v) is 2.36. The molecule has 1 heteroatoms. The van der Waals surface area contributed by atoms with E-state index < -0.39 is 0 Å². The maximum atomic E-state index is 5.61. The van der Waals surface area contributed by atoms with Gasteiger partial charge in [0.1, 0.15) is 0 Å². The van der Waals surface area contributed by atoms with Crippen LogP contribution in [0.15, 0.2) is 24.3 Å². The first kappa shape index (κ1) is 9.60. The van der Waals surface area contributed by atoms with Crippen LogP contribution < -0.4 is 0 Å². The second kappa shape index (κ2) is 5.21. The van der Waals surface area contributed by atoms with E-state index in [1.54, 1.807) is 0 Å². The van der Waals surface area contributed by atoms with Gasteiger partial charge >= 0.3 is 0 Å². The van der Waals surface area contributed by atoms with Gasteiger partial charge < -0.3 is 0 Å². The van der Waals surface area contributed by atoms with Crippen molar-refractivity contribution in [3.05, 3.63) is 35.4 Å². The molecule has 66 valence electrons. The highest BCUT2D eigenvalue weighted by Gasteiger charge is 1.95. The molecule has 0 unspecified atom stereocenters. The molecule has 0 spiro atoms. The van der Waals surface area contributed by atoms with Gasteiger partial charge in [0.15, 0.2) is 0 Å². The molecule has 0 aliphatic rings. The molecule has 0 aromatic heterocycles. The number of benzene rings is 1. The van der Waals surface area contributed by atoms with E-state index in [1.165, 1.54) is 24.0 Å². The third-order valence-electron chi connectivity index (χ3n) is 2.09. The Kier molecular flexibility index (Phi) is 4.16. The van der Waals surface area contributed by atoms with E-state index in [-0.39, 0.29) is 0 Å². The predicted molar refractivity (Wildman–Crippen MR) is 54.8 cm³/mol. The summed E-state index contributed by atoms with van der Waals surface area (Å²) in [5, 5.41) is 0.